The number of pyridine rings is 1. The van der Waals surface area contributed by atoms with Gasteiger partial charge in [0.15, 0.2) is 5.13 Å². The van der Waals surface area contributed by atoms with Gasteiger partial charge in [0.25, 0.3) is 0 Å². The number of anilines is 2. The summed E-state index contributed by atoms with van der Waals surface area (Å²) >= 11 is 3.85. The molecule has 1 amide bonds. The molecule has 170 valence electrons. The van der Waals surface area contributed by atoms with Crippen LogP contribution in [0.1, 0.15) is 25.0 Å². The lowest BCUT2D eigenvalue weighted by Gasteiger charge is -2.14. The van der Waals surface area contributed by atoms with E-state index in [-0.39, 0.29) is 22.9 Å². The van der Waals surface area contributed by atoms with Gasteiger partial charge in [-0.25, -0.2) is 9.97 Å². The van der Waals surface area contributed by atoms with E-state index in [1.54, 1.807) is 6.92 Å². The second-order valence-electron chi connectivity index (χ2n) is 6.96. The zero-order valence-electron chi connectivity index (χ0n) is 18.2. The highest BCUT2D eigenvalue weighted by Crippen LogP contribution is 2.39. The van der Waals surface area contributed by atoms with Crippen LogP contribution in [0.3, 0.4) is 0 Å². The number of nitrogens with zero attached hydrogens (tertiary/aromatic N) is 4. The highest BCUT2D eigenvalue weighted by Gasteiger charge is 2.25. The lowest BCUT2D eigenvalue weighted by Crippen LogP contribution is -2.22. The molecule has 0 spiro atoms. The number of hydrogen-bond acceptors (Lipinski definition) is 10. The average molecular weight is 507 g/mol. The SMILES string of the molecule is CCOc1ccc2nc(NC(=O)C(C)Sc3nc(N)c(C#N)c(-c4cccs4)c3C#N)sc2c1. The third-order valence-corrected chi connectivity index (χ3v) is 7.65. The van der Waals surface area contributed by atoms with E-state index in [0.717, 1.165) is 32.6 Å². The van der Waals surface area contributed by atoms with Gasteiger partial charge >= 0.3 is 0 Å². The Labute approximate surface area is 208 Å². The van der Waals surface area contributed by atoms with Crippen molar-refractivity contribution in [2.45, 2.75) is 24.1 Å². The summed E-state index contributed by atoms with van der Waals surface area (Å²) in [6, 6.07) is 13.4. The van der Waals surface area contributed by atoms with Gasteiger partial charge in [-0.05, 0) is 43.5 Å². The van der Waals surface area contributed by atoms with Crippen molar-refractivity contribution in [1.29, 1.82) is 10.5 Å². The molecular formula is C23H18N6O2S3. The first-order valence-electron chi connectivity index (χ1n) is 10.1. The van der Waals surface area contributed by atoms with E-state index in [1.165, 1.54) is 22.7 Å². The molecule has 0 radical (unpaired) electrons. The normalized spacial score (nSPS) is 11.5. The third kappa shape index (κ3) is 4.68. The summed E-state index contributed by atoms with van der Waals surface area (Å²) in [6.07, 6.45) is 0. The van der Waals surface area contributed by atoms with Crippen molar-refractivity contribution < 1.29 is 9.53 Å². The molecule has 1 unspecified atom stereocenters. The first-order valence-corrected chi connectivity index (χ1v) is 12.7. The summed E-state index contributed by atoms with van der Waals surface area (Å²) in [5.41, 5.74) is 7.63. The number of carbonyl (C=O) groups is 1. The predicted molar refractivity (Wildman–Crippen MR) is 136 cm³/mol. The lowest BCUT2D eigenvalue weighted by atomic mass is 10.0. The first kappa shape index (κ1) is 23.5. The fourth-order valence-electron chi connectivity index (χ4n) is 3.19. The number of thiazole rings is 1. The van der Waals surface area contributed by atoms with Crippen LogP contribution in [0.4, 0.5) is 10.9 Å². The van der Waals surface area contributed by atoms with Gasteiger partial charge in [-0.15, -0.1) is 11.3 Å². The van der Waals surface area contributed by atoms with Gasteiger partial charge in [0, 0.05) is 10.4 Å². The highest BCUT2D eigenvalue weighted by molar-refractivity contribution is 8.00. The molecule has 3 aromatic heterocycles. The Kier molecular flexibility index (Phi) is 6.98. The van der Waals surface area contributed by atoms with Gasteiger partial charge in [0.1, 0.15) is 34.3 Å². The molecule has 1 atom stereocenters. The molecule has 4 rings (SSSR count). The van der Waals surface area contributed by atoms with Gasteiger partial charge in [-0.3, -0.25) is 4.79 Å². The fraction of sp³-hybridized carbons (Fsp3) is 0.174. The Balaban J connectivity index is 1.58. The van der Waals surface area contributed by atoms with Crippen LogP contribution in [-0.2, 0) is 4.79 Å². The molecule has 0 saturated heterocycles. The Hall–Kier alpha value is -3.64. The summed E-state index contributed by atoms with van der Waals surface area (Å²) < 4.78 is 6.42. The number of nitrogens with two attached hydrogens (primary N) is 1. The summed E-state index contributed by atoms with van der Waals surface area (Å²) in [7, 11) is 0. The number of hydrogen-bond donors (Lipinski definition) is 2. The maximum Gasteiger partial charge on any atom is 0.239 e. The number of thiophene rings is 1. The van der Waals surface area contributed by atoms with E-state index < -0.39 is 5.25 Å². The third-order valence-electron chi connectivity index (χ3n) is 4.74. The lowest BCUT2D eigenvalue weighted by molar-refractivity contribution is -0.115. The Morgan fingerprint density at radius 2 is 2.06 bits per heavy atom. The number of nitriles is 2. The number of amides is 1. The summed E-state index contributed by atoms with van der Waals surface area (Å²) in [5.74, 6) is 0.479. The fourth-order valence-corrected chi connectivity index (χ4v) is 5.79. The number of rotatable bonds is 7. The summed E-state index contributed by atoms with van der Waals surface area (Å²) in [5, 5.41) is 24.3. The van der Waals surface area contributed by atoms with E-state index in [2.05, 4.69) is 27.4 Å². The van der Waals surface area contributed by atoms with Crippen LogP contribution in [0.2, 0.25) is 0 Å². The van der Waals surface area contributed by atoms with Gasteiger partial charge < -0.3 is 15.8 Å². The molecule has 3 N–H and O–H groups in total. The van der Waals surface area contributed by atoms with Crippen LogP contribution in [0.5, 0.6) is 5.75 Å². The van der Waals surface area contributed by atoms with Crippen molar-refractivity contribution >= 4 is 61.5 Å². The molecule has 34 heavy (non-hydrogen) atoms. The van der Waals surface area contributed by atoms with Crippen LogP contribution >= 0.6 is 34.4 Å². The molecular weight excluding hydrogens is 488 g/mol. The maximum absolute atomic E-state index is 12.9. The minimum absolute atomic E-state index is 0.0243. The van der Waals surface area contributed by atoms with E-state index in [1.807, 2.05) is 42.6 Å². The molecule has 0 aliphatic heterocycles. The maximum atomic E-state index is 12.9. The summed E-state index contributed by atoms with van der Waals surface area (Å²) in [6.45, 7) is 4.19. The van der Waals surface area contributed by atoms with Crippen molar-refractivity contribution in [3.05, 3.63) is 46.8 Å². The number of ether oxygens (including phenoxy) is 1. The molecule has 0 saturated carbocycles. The molecule has 4 aromatic rings. The van der Waals surface area contributed by atoms with Gasteiger partial charge in [-0.1, -0.05) is 29.2 Å². The molecule has 1 aromatic carbocycles. The molecule has 11 heteroatoms. The molecule has 0 fully saturated rings. The molecule has 0 aliphatic carbocycles. The quantitative estimate of drug-likeness (QED) is 0.324. The van der Waals surface area contributed by atoms with E-state index in [0.29, 0.717) is 22.3 Å². The van der Waals surface area contributed by atoms with Crippen LogP contribution in [0.15, 0.2) is 40.7 Å². The van der Waals surface area contributed by atoms with Crippen molar-refractivity contribution in [1.82, 2.24) is 9.97 Å². The second kappa shape index (κ2) is 10.1. The minimum Gasteiger partial charge on any atom is -0.494 e. The number of thioether (sulfide) groups is 1. The number of aromatic nitrogens is 2. The zero-order valence-corrected chi connectivity index (χ0v) is 20.6. The standard InChI is InChI=1S/C23H18N6O2S3/c1-3-31-13-6-7-16-18(9-13)34-23(27-16)29-21(30)12(2)33-22-15(11-25)19(17-5-4-8-32-17)14(10-24)20(26)28-22/h4-9,12H,3H2,1-2H3,(H2,26,28)(H,27,29,30). The topological polar surface area (TPSA) is 138 Å². The largest absolute Gasteiger partial charge is 0.494 e. The van der Waals surface area contributed by atoms with Gasteiger partial charge in [0.2, 0.25) is 5.91 Å². The van der Waals surface area contributed by atoms with Crippen molar-refractivity contribution in [2.24, 2.45) is 0 Å². The van der Waals surface area contributed by atoms with Crippen LogP contribution in [-0.4, -0.2) is 27.7 Å². The van der Waals surface area contributed by atoms with Gasteiger partial charge in [-0.2, -0.15) is 10.5 Å². The number of nitrogen functional groups attached to an aromatic ring is 1. The predicted octanol–water partition coefficient (Wildman–Crippen LogP) is 5.26. The van der Waals surface area contributed by atoms with Crippen LogP contribution in [0, 0.1) is 22.7 Å². The smallest absolute Gasteiger partial charge is 0.239 e. The number of carbonyl (C=O) groups excluding carboxylic acids is 1. The monoisotopic (exact) mass is 506 g/mol. The van der Waals surface area contributed by atoms with E-state index >= 15 is 0 Å². The van der Waals surface area contributed by atoms with E-state index in [9.17, 15) is 15.3 Å². The van der Waals surface area contributed by atoms with E-state index in [4.69, 9.17) is 10.5 Å². The first-order chi connectivity index (χ1) is 16.4. The Morgan fingerprint density at radius 1 is 1.26 bits per heavy atom. The van der Waals surface area contributed by atoms with Crippen LogP contribution in [0.25, 0.3) is 20.7 Å². The number of nitrogens with one attached hydrogen (secondary N) is 1. The molecule has 3 heterocycles. The average Bonchev–Trinajstić information content (AvgIpc) is 3.48. The van der Waals surface area contributed by atoms with Gasteiger partial charge in [0.05, 0.1) is 27.6 Å². The molecule has 0 aliphatic rings. The number of fused-ring (bicyclic) bond motifs is 1. The molecule has 0 bridgehead atoms. The van der Waals surface area contributed by atoms with Crippen LogP contribution < -0.4 is 15.8 Å². The van der Waals surface area contributed by atoms with Crippen molar-refractivity contribution in [3.8, 4) is 28.3 Å². The highest BCUT2D eigenvalue weighted by atomic mass is 32.2. The zero-order chi connectivity index (χ0) is 24.2. The summed E-state index contributed by atoms with van der Waals surface area (Å²) in [4.78, 5) is 22.4. The van der Waals surface area contributed by atoms with Crippen molar-refractivity contribution in [3.63, 3.8) is 0 Å². The minimum atomic E-state index is -0.603. The number of benzene rings is 1. The Morgan fingerprint density at radius 3 is 2.74 bits per heavy atom. The second-order valence-corrected chi connectivity index (χ2v) is 10.3. The molecule has 8 nitrogen and oxygen atoms in total. The van der Waals surface area contributed by atoms with Crippen molar-refractivity contribution in [2.75, 3.05) is 17.7 Å². The Bertz CT molecular complexity index is 1450.